The van der Waals surface area contributed by atoms with Crippen molar-refractivity contribution in [2.24, 2.45) is 17.3 Å². The predicted octanol–water partition coefficient (Wildman–Crippen LogP) is 2.76. The Morgan fingerprint density at radius 1 is 1.24 bits per heavy atom. The molecular formula is C14H26O3. The molecule has 0 atom stereocenters. The second kappa shape index (κ2) is 6.39. The maximum atomic E-state index is 11.4. The topological polar surface area (TPSA) is 46.5 Å². The highest BCUT2D eigenvalue weighted by Gasteiger charge is 2.30. The zero-order valence-corrected chi connectivity index (χ0v) is 11.4. The van der Waals surface area contributed by atoms with Gasteiger partial charge in [-0.2, -0.15) is 0 Å². The maximum absolute atomic E-state index is 11.4. The first-order valence-electron chi connectivity index (χ1n) is 6.70. The van der Waals surface area contributed by atoms with E-state index in [1.54, 1.807) is 0 Å². The average Bonchev–Trinajstić information content (AvgIpc) is 2.26. The summed E-state index contributed by atoms with van der Waals surface area (Å²) >= 11 is 0. The van der Waals surface area contributed by atoms with Gasteiger partial charge in [-0.25, -0.2) is 0 Å². The van der Waals surface area contributed by atoms with Gasteiger partial charge in [-0.1, -0.05) is 20.8 Å². The van der Waals surface area contributed by atoms with Gasteiger partial charge >= 0.3 is 5.97 Å². The van der Waals surface area contributed by atoms with Gasteiger partial charge in [0.25, 0.3) is 0 Å². The number of esters is 1. The fourth-order valence-corrected chi connectivity index (χ4v) is 2.69. The number of carbonyl (C=O) groups excluding carboxylic acids is 1. The van der Waals surface area contributed by atoms with Crippen LogP contribution in [-0.2, 0) is 9.53 Å². The van der Waals surface area contributed by atoms with Crippen molar-refractivity contribution in [3.8, 4) is 0 Å². The summed E-state index contributed by atoms with van der Waals surface area (Å²) in [5.41, 5.74) is 0.391. The molecule has 0 unspecified atom stereocenters. The minimum atomic E-state index is -0.154. The molecule has 0 aromatic carbocycles. The number of aliphatic hydroxyl groups excluding tert-OH is 1. The normalized spacial score (nSPS) is 25.6. The van der Waals surface area contributed by atoms with Crippen LogP contribution < -0.4 is 0 Å². The first-order chi connectivity index (χ1) is 7.93. The quantitative estimate of drug-likeness (QED) is 0.771. The summed E-state index contributed by atoms with van der Waals surface area (Å²) in [4.78, 5) is 11.4. The molecule has 1 saturated carbocycles. The van der Waals surface area contributed by atoms with Crippen LogP contribution in [0.5, 0.6) is 0 Å². The van der Waals surface area contributed by atoms with Crippen LogP contribution in [0.25, 0.3) is 0 Å². The number of aliphatic hydroxyl groups is 1. The lowest BCUT2D eigenvalue weighted by atomic mass is 9.69. The smallest absolute Gasteiger partial charge is 0.306 e. The summed E-state index contributed by atoms with van der Waals surface area (Å²) in [7, 11) is 0. The van der Waals surface area contributed by atoms with E-state index in [-0.39, 0.29) is 19.2 Å². The summed E-state index contributed by atoms with van der Waals surface area (Å²) in [5.74, 6) is 1.12. The average molecular weight is 242 g/mol. The molecule has 100 valence electrons. The Bertz CT molecular complexity index is 234. The monoisotopic (exact) mass is 242 g/mol. The van der Waals surface area contributed by atoms with E-state index in [9.17, 15) is 4.79 Å². The van der Waals surface area contributed by atoms with E-state index in [0.29, 0.717) is 17.8 Å². The van der Waals surface area contributed by atoms with Crippen molar-refractivity contribution in [2.75, 3.05) is 13.2 Å². The molecule has 0 aromatic heterocycles. The lowest BCUT2D eigenvalue weighted by molar-refractivity contribution is -0.146. The van der Waals surface area contributed by atoms with E-state index in [1.807, 2.05) is 0 Å². The van der Waals surface area contributed by atoms with Crippen molar-refractivity contribution < 1.29 is 14.6 Å². The van der Waals surface area contributed by atoms with Gasteiger partial charge in [-0.3, -0.25) is 4.79 Å². The van der Waals surface area contributed by atoms with E-state index in [4.69, 9.17) is 9.84 Å². The van der Waals surface area contributed by atoms with Gasteiger partial charge in [0.15, 0.2) is 0 Å². The van der Waals surface area contributed by atoms with Gasteiger partial charge in [-0.05, 0) is 42.9 Å². The summed E-state index contributed by atoms with van der Waals surface area (Å²) in [6, 6.07) is 0. The molecule has 3 nitrogen and oxygen atoms in total. The van der Waals surface area contributed by atoms with Crippen LogP contribution in [0.4, 0.5) is 0 Å². The van der Waals surface area contributed by atoms with Gasteiger partial charge in [0.2, 0.25) is 0 Å². The van der Waals surface area contributed by atoms with Gasteiger partial charge in [0, 0.05) is 6.42 Å². The molecule has 1 aliphatic carbocycles. The fraction of sp³-hybridized carbons (Fsp3) is 0.929. The number of carbonyl (C=O) groups is 1. The molecular weight excluding hydrogens is 216 g/mol. The van der Waals surface area contributed by atoms with E-state index in [1.165, 1.54) is 12.8 Å². The highest BCUT2D eigenvalue weighted by atomic mass is 16.5. The predicted molar refractivity (Wildman–Crippen MR) is 67.6 cm³/mol. The van der Waals surface area contributed by atoms with E-state index in [2.05, 4.69) is 20.8 Å². The van der Waals surface area contributed by atoms with Crippen LogP contribution in [0, 0.1) is 17.3 Å². The minimum Gasteiger partial charge on any atom is -0.463 e. The third kappa shape index (κ3) is 5.07. The molecule has 0 bridgehead atoms. The first kappa shape index (κ1) is 14.5. The van der Waals surface area contributed by atoms with Gasteiger partial charge in [0.1, 0.15) is 6.61 Å². The van der Waals surface area contributed by atoms with Gasteiger partial charge in [0.05, 0.1) is 6.61 Å². The SMILES string of the molecule is CC(C)(C)C1CCC(CC(=O)OCCO)CC1. The Morgan fingerprint density at radius 3 is 2.29 bits per heavy atom. The molecule has 17 heavy (non-hydrogen) atoms. The first-order valence-corrected chi connectivity index (χ1v) is 6.70. The molecule has 0 aliphatic heterocycles. The molecule has 0 spiro atoms. The number of ether oxygens (including phenoxy) is 1. The third-order valence-corrected chi connectivity index (χ3v) is 3.88. The van der Waals surface area contributed by atoms with E-state index >= 15 is 0 Å². The summed E-state index contributed by atoms with van der Waals surface area (Å²) in [6.45, 7) is 6.95. The standard InChI is InChI=1S/C14H26O3/c1-14(2,3)12-6-4-11(5-7-12)10-13(16)17-9-8-15/h11-12,15H,4-10H2,1-3H3. The van der Waals surface area contributed by atoms with Crippen LogP contribution in [0.2, 0.25) is 0 Å². The Hall–Kier alpha value is -0.570. The zero-order chi connectivity index (χ0) is 12.9. The Balaban J connectivity index is 2.25. The minimum absolute atomic E-state index is 0.0808. The molecule has 1 N–H and O–H groups in total. The lowest BCUT2D eigenvalue weighted by Crippen LogP contribution is -2.27. The largest absolute Gasteiger partial charge is 0.463 e. The van der Waals surface area contributed by atoms with Crippen molar-refractivity contribution in [1.29, 1.82) is 0 Å². The van der Waals surface area contributed by atoms with E-state index in [0.717, 1.165) is 18.8 Å². The van der Waals surface area contributed by atoms with Gasteiger partial charge in [-0.15, -0.1) is 0 Å². The summed E-state index contributed by atoms with van der Waals surface area (Å²) in [6.07, 6.45) is 5.24. The van der Waals surface area contributed by atoms with Crippen molar-refractivity contribution in [3.05, 3.63) is 0 Å². The molecule has 0 aromatic rings. The molecule has 0 amide bonds. The number of hydrogen-bond acceptors (Lipinski definition) is 3. The molecule has 1 fully saturated rings. The van der Waals surface area contributed by atoms with Crippen molar-refractivity contribution in [3.63, 3.8) is 0 Å². The number of hydrogen-bond donors (Lipinski definition) is 1. The van der Waals surface area contributed by atoms with Crippen molar-refractivity contribution in [1.82, 2.24) is 0 Å². The van der Waals surface area contributed by atoms with Crippen LogP contribution in [0.1, 0.15) is 52.9 Å². The van der Waals surface area contributed by atoms with E-state index < -0.39 is 0 Å². The second-order valence-electron chi connectivity index (χ2n) is 6.23. The molecule has 0 radical (unpaired) electrons. The highest BCUT2D eigenvalue weighted by Crippen LogP contribution is 2.40. The van der Waals surface area contributed by atoms with Crippen molar-refractivity contribution in [2.45, 2.75) is 52.9 Å². The molecule has 0 saturated heterocycles. The third-order valence-electron chi connectivity index (χ3n) is 3.88. The molecule has 1 aliphatic rings. The molecule has 3 heteroatoms. The van der Waals surface area contributed by atoms with Crippen LogP contribution in [0.15, 0.2) is 0 Å². The fourth-order valence-electron chi connectivity index (χ4n) is 2.69. The van der Waals surface area contributed by atoms with Crippen LogP contribution in [0.3, 0.4) is 0 Å². The summed E-state index contributed by atoms with van der Waals surface area (Å²) in [5, 5.41) is 8.57. The zero-order valence-electron chi connectivity index (χ0n) is 11.4. The Kier molecular flexibility index (Phi) is 5.44. The number of rotatable bonds is 4. The lowest BCUT2D eigenvalue weighted by Gasteiger charge is -2.36. The van der Waals surface area contributed by atoms with Crippen LogP contribution in [-0.4, -0.2) is 24.3 Å². The highest BCUT2D eigenvalue weighted by molar-refractivity contribution is 5.69. The molecule has 1 rings (SSSR count). The van der Waals surface area contributed by atoms with Crippen molar-refractivity contribution >= 4 is 5.97 Å². The maximum Gasteiger partial charge on any atom is 0.306 e. The second-order valence-corrected chi connectivity index (χ2v) is 6.23. The molecule has 0 heterocycles. The Morgan fingerprint density at radius 2 is 1.82 bits per heavy atom. The summed E-state index contributed by atoms with van der Waals surface area (Å²) < 4.78 is 4.90. The van der Waals surface area contributed by atoms with Gasteiger partial charge < -0.3 is 9.84 Å². The Labute approximate surface area is 105 Å². The van der Waals surface area contributed by atoms with Crippen LogP contribution >= 0.6 is 0 Å².